The van der Waals surface area contributed by atoms with Crippen molar-refractivity contribution in [2.24, 2.45) is 0 Å². The van der Waals surface area contributed by atoms with Crippen molar-refractivity contribution in [3.8, 4) is 0 Å². The average molecular weight is 340 g/mol. The zero-order chi connectivity index (χ0) is 16.8. The minimum atomic E-state index is -4.56. The van der Waals surface area contributed by atoms with Crippen LogP contribution in [0, 0.1) is 0 Å². The molecule has 6 nitrogen and oxygen atoms in total. The van der Waals surface area contributed by atoms with Crippen LogP contribution in [0.1, 0.15) is 5.56 Å². The minimum absolute atomic E-state index is 0.224. The molecule has 3 amide bonds. The number of aliphatic hydroxyl groups excluding tert-OH is 1. The predicted octanol–water partition coefficient (Wildman–Crippen LogP) is 1.63. The van der Waals surface area contributed by atoms with Gasteiger partial charge in [-0.05, 0) is 17.7 Å². The third-order valence-electron chi connectivity index (χ3n) is 2.36. The first-order valence-corrected chi connectivity index (χ1v) is 6.36. The number of carbonyl (C=O) groups excluding carboxylic acids is 2. The maximum Gasteiger partial charge on any atom is 0.405 e. The molecule has 0 aliphatic heterocycles. The molecule has 0 atom stereocenters. The number of carbonyl (C=O) groups is 2. The number of benzene rings is 1. The molecule has 22 heavy (non-hydrogen) atoms. The fourth-order valence-corrected chi connectivity index (χ4v) is 1.56. The van der Waals surface area contributed by atoms with Gasteiger partial charge in [-0.25, -0.2) is 4.79 Å². The van der Waals surface area contributed by atoms with Gasteiger partial charge in [0.2, 0.25) is 5.91 Å². The highest BCUT2D eigenvalue weighted by molar-refractivity contribution is 6.33. The zero-order valence-corrected chi connectivity index (χ0v) is 11.9. The standard InChI is InChI=1S/C12H13ClF3N3O3/c13-8-2-1-7(5-20)3-9(8)17-4-10(21)19-11(22)18-6-12(14,15)16/h1-3,17,20H,4-6H2,(H2,18,19,21,22). The molecule has 1 aromatic carbocycles. The van der Waals surface area contributed by atoms with Crippen molar-refractivity contribution >= 4 is 29.2 Å². The maximum absolute atomic E-state index is 11.9. The number of halogens is 4. The van der Waals surface area contributed by atoms with E-state index in [2.05, 4.69) is 5.32 Å². The normalized spacial score (nSPS) is 11.0. The summed E-state index contributed by atoms with van der Waals surface area (Å²) in [5, 5.41) is 15.1. The number of urea groups is 1. The van der Waals surface area contributed by atoms with Crippen molar-refractivity contribution in [1.29, 1.82) is 0 Å². The molecular formula is C12H13ClF3N3O3. The summed E-state index contributed by atoms with van der Waals surface area (Å²) in [6, 6.07) is 3.33. The van der Waals surface area contributed by atoms with E-state index in [1.54, 1.807) is 11.4 Å². The molecule has 0 aromatic heterocycles. The maximum atomic E-state index is 11.9. The van der Waals surface area contributed by atoms with Crippen molar-refractivity contribution in [2.45, 2.75) is 12.8 Å². The molecule has 0 saturated carbocycles. The third kappa shape index (κ3) is 6.64. The van der Waals surface area contributed by atoms with E-state index in [-0.39, 0.29) is 18.2 Å². The van der Waals surface area contributed by atoms with Gasteiger partial charge in [-0.3, -0.25) is 10.1 Å². The molecule has 0 bridgehead atoms. The highest BCUT2D eigenvalue weighted by Crippen LogP contribution is 2.22. The monoisotopic (exact) mass is 339 g/mol. The van der Waals surface area contributed by atoms with Gasteiger partial charge >= 0.3 is 12.2 Å². The number of alkyl halides is 3. The molecule has 0 fully saturated rings. The van der Waals surface area contributed by atoms with E-state index in [1.165, 1.54) is 17.4 Å². The number of imide groups is 1. The summed E-state index contributed by atoms with van der Waals surface area (Å²) in [6.45, 7) is -2.14. The Morgan fingerprint density at radius 2 is 1.95 bits per heavy atom. The van der Waals surface area contributed by atoms with E-state index in [9.17, 15) is 22.8 Å². The van der Waals surface area contributed by atoms with Gasteiger partial charge in [0, 0.05) is 0 Å². The van der Waals surface area contributed by atoms with Gasteiger partial charge in [-0.1, -0.05) is 17.7 Å². The molecule has 0 spiro atoms. The van der Waals surface area contributed by atoms with Crippen LogP contribution in [0.15, 0.2) is 18.2 Å². The molecule has 4 N–H and O–H groups in total. The lowest BCUT2D eigenvalue weighted by molar-refractivity contribution is -0.124. The van der Waals surface area contributed by atoms with Crippen molar-refractivity contribution in [2.75, 3.05) is 18.4 Å². The molecule has 1 rings (SSSR count). The molecule has 0 radical (unpaired) electrons. The number of aliphatic hydroxyl groups is 1. The largest absolute Gasteiger partial charge is 0.405 e. The molecule has 0 saturated heterocycles. The van der Waals surface area contributed by atoms with Crippen molar-refractivity contribution in [1.82, 2.24) is 10.6 Å². The second-order valence-corrected chi connectivity index (χ2v) is 4.58. The molecular weight excluding hydrogens is 327 g/mol. The van der Waals surface area contributed by atoms with Crippen LogP contribution in [0.2, 0.25) is 5.02 Å². The average Bonchev–Trinajstić information content (AvgIpc) is 2.43. The molecule has 0 unspecified atom stereocenters. The smallest absolute Gasteiger partial charge is 0.392 e. The van der Waals surface area contributed by atoms with E-state index in [1.807, 2.05) is 0 Å². The lowest BCUT2D eigenvalue weighted by Crippen LogP contribution is -2.45. The summed E-state index contributed by atoms with van der Waals surface area (Å²) in [7, 11) is 0. The van der Waals surface area contributed by atoms with Gasteiger partial charge < -0.3 is 15.7 Å². The Hall–Kier alpha value is -2.00. The first-order valence-electron chi connectivity index (χ1n) is 5.99. The van der Waals surface area contributed by atoms with Crippen LogP contribution in [0.5, 0.6) is 0 Å². The second-order valence-electron chi connectivity index (χ2n) is 4.17. The van der Waals surface area contributed by atoms with Crippen LogP contribution in [0.4, 0.5) is 23.7 Å². The van der Waals surface area contributed by atoms with Gasteiger partial charge in [-0.2, -0.15) is 13.2 Å². The first kappa shape index (κ1) is 18.1. The molecule has 0 aliphatic carbocycles. The lowest BCUT2D eigenvalue weighted by Gasteiger charge is -2.11. The van der Waals surface area contributed by atoms with E-state index in [0.717, 1.165) is 0 Å². The first-order chi connectivity index (χ1) is 10.2. The quantitative estimate of drug-likeness (QED) is 0.656. The topological polar surface area (TPSA) is 90.5 Å². The summed E-state index contributed by atoms with van der Waals surface area (Å²) < 4.78 is 35.6. The number of hydrogen-bond donors (Lipinski definition) is 4. The van der Waals surface area contributed by atoms with Crippen molar-refractivity contribution in [3.63, 3.8) is 0 Å². The van der Waals surface area contributed by atoms with E-state index in [0.29, 0.717) is 11.3 Å². The predicted molar refractivity (Wildman–Crippen MR) is 73.5 cm³/mol. The SMILES string of the molecule is O=C(CNc1cc(CO)ccc1Cl)NC(=O)NCC(F)(F)F. The van der Waals surface area contributed by atoms with Gasteiger partial charge in [0.25, 0.3) is 0 Å². The molecule has 122 valence electrons. The van der Waals surface area contributed by atoms with Crippen LogP contribution in [-0.2, 0) is 11.4 Å². The summed E-state index contributed by atoms with van der Waals surface area (Å²) in [5.74, 6) is -0.842. The summed E-state index contributed by atoms with van der Waals surface area (Å²) in [5.41, 5.74) is 0.897. The Morgan fingerprint density at radius 3 is 2.55 bits per heavy atom. The highest BCUT2D eigenvalue weighted by Gasteiger charge is 2.27. The van der Waals surface area contributed by atoms with Gasteiger partial charge in [0.05, 0.1) is 23.9 Å². The number of rotatable bonds is 5. The summed E-state index contributed by atoms with van der Waals surface area (Å²) >= 11 is 5.86. The van der Waals surface area contributed by atoms with E-state index >= 15 is 0 Å². The third-order valence-corrected chi connectivity index (χ3v) is 2.68. The Morgan fingerprint density at radius 1 is 1.27 bits per heavy atom. The highest BCUT2D eigenvalue weighted by atomic mass is 35.5. The van der Waals surface area contributed by atoms with E-state index in [4.69, 9.17) is 16.7 Å². The fourth-order valence-electron chi connectivity index (χ4n) is 1.38. The molecule has 10 heteroatoms. The second kappa shape index (κ2) is 7.85. The summed E-state index contributed by atoms with van der Waals surface area (Å²) in [6.07, 6.45) is -4.56. The Labute approximate surface area is 128 Å². The van der Waals surface area contributed by atoms with Crippen LogP contribution in [-0.4, -0.2) is 36.3 Å². The Bertz CT molecular complexity index is 552. The zero-order valence-electron chi connectivity index (χ0n) is 11.1. The van der Waals surface area contributed by atoms with Crippen molar-refractivity contribution < 1.29 is 27.9 Å². The summed E-state index contributed by atoms with van der Waals surface area (Å²) in [4.78, 5) is 22.5. The van der Waals surface area contributed by atoms with Gasteiger partial charge in [-0.15, -0.1) is 0 Å². The van der Waals surface area contributed by atoms with Gasteiger partial charge in [0.15, 0.2) is 0 Å². The van der Waals surface area contributed by atoms with Crippen LogP contribution < -0.4 is 16.0 Å². The fraction of sp³-hybridized carbons (Fsp3) is 0.333. The number of nitrogens with one attached hydrogen (secondary N) is 3. The lowest BCUT2D eigenvalue weighted by atomic mass is 10.2. The van der Waals surface area contributed by atoms with Crippen LogP contribution >= 0.6 is 11.6 Å². The molecule has 0 aliphatic rings. The van der Waals surface area contributed by atoms with E-state index < -0.39 is 24.7 Å². The van der Waals surface area contributed by atoms with Crippen LogP contribution in [0.3, 0.4) is 0 Å². The van der Waals surface area contributed by atoms with Crippen LogP contribution in [0.25, 0.3) is 0 Å². The molecule has 1 aromatic rings. The number of anilines is 1. The minimum Gasteiger partial charge on any atom is -0.392 e. The number of amides is 3. The van der Waals surface area contributed by atoms with Gasteiger partial charge in [0.1, 0.15) is 6.54 Å². The van der Waals surface area contributed by atoms with Crippen molar-refractivity contribution in [3.05, 3.63) is 28.8 Å². The number of hydrogen-bond acceptors (Lipinski definition) is 4. The Balaban J connectivity index is 2.45. The Kier molecular flexibility index (Phi) is 6.44. The molecule has 0 heterocycles.